The van der Waals surface area contributed by atoms with Crippen molar-refractivity contribution in [3.63, 3.8) is 0 Å². The normalized spacial score (nSPS) is 23.8. The highest BCUT2D eigenvalue weighted by Gasteiger charge is 2.44. The van der Waals surface area contributed by atoms with Gasteiger partial charge in [-0.3, -0.25) is 4.79 Å². The summed E-state index contributed by atoms with van der Waals surface area (Å²) < 4.78 is 10.9. The van der Waals surface area contributed by atoms with Gasteiger partial charge in [-0.05, 0) is 12.8 Å². The Morgan fingerprint density at radius 3 is 1.82 bits per heavy atom. The molecule has 1 saturated heterocycles. The molecule has 0 aromatic heterocycles. The zero-order chi connectivity index (χ0) is 29.6. The van der Waals surface area contributed by atoms with Gasteiger partial charge in [-0.2, -0.15) is 0 Å². The number of hydrogen-bond acceptors (Lipinski definition) is 8. The van der Waals surface area contributed by atoms with Gasteiger partial charge >= 0.3 is 0 Å². The maximum Gasteiger partial charge on any atom is 0.222 e. The number of aliphatic hydroxyl groups excluding tert-OH is 5. The summed E-state index contributed by atoms with van der Waals surface area (Å²) in [6, 6.07) is 0. The van der Waals surface area contributed by atoms with E-state index in [1.54, 1.807) is 4.90 Å². The van der Waals surface area contributed by atoms with E-state index in [0.29, 0.717) is 12.8 Å². The fraction of sp³-hybridized carbons (Fsp3) is 0.968. The van der Waals surface area contributed by atoms with Crippen LogP contribution in [0.4, 0.5) is 0 Å². The lowest BCUT2D eigenvalue weighted by Gasteiger charge is -2.39. The lowest BCUT2D eigenvalue weighted by atomic mass is 9.99. The molecule has 9 heteroatoms. The van der Waals surface area contributed by atoms with Crippen LogP contribution >= 0.6 is 0 Å². The highest BCUT2D eigenvalue weighted by molar-refractivity contribution is 5.76. The molecule has 1 aliphatic heterocycles. The molecule has 0 spiro atoms. The van der Waals surface area contributed by atoms with Crippen molar-refractivity contribution in [1.29, 1.82) is 0 Å². The second kappa shape index (κ2) is 23.7. The van der Waals surface area contributed by atoms with Gasteiger partial charge in [0.2, 0.25) is 5.91 Å². The van der Waals surface area contributed by atoms with E-state index < -0.39 is 43.4 Å². The van der Waals surface area contributed by atoms with Crippen molar-refractivity contribution in [3.05, 3.63) is 0 Å². The van der Waals surface area contributed by atoms with E-state index >= 15 is 0 Å². The first-order chi connectivity index (χ1) is 19.3. The van der Waals surface area contributed by atoms with Crippen LogP contribution in [0, 0.1) is 0 Å². The Morgan fingerprint density at radius 2 is 1.30 bits per heavy atom. The van der Waals surface area contributed by atoms with Gasteiger partial charge in [-0.15, -0.1) is 0 Å². The summed E-state index contributed by atoms with van der Waals surface area (Å²) in [5.74, 6) is -0.0562. The number of nitrogens with zero attached hydrogens (tertiary/aromatic N) is 1. The largest absolute Gasteiger partial charge is 0.394 e. The third-order valence-electron chi connectivity index (χ3n) is 7.91. The highest BCUT2D eigenvalue weighted by Crippen LogP contribution is 2.22. The first-order valence-electron chi connectivity index (χ1n) is 16.2. The Bertz CT molecular complexity index is 608. The van der Waals surface area contributed by atoms with Crippen molar-refractivity contribution in [1.82, 2.24) is 4.90 Å². The summed E-state index contributed by atoms with van der Waals surface area (Å²) in [7, 11) is 0. The summed E-state index contributed by atoms with van der Waals surface area (Å²) in [6.45, 7) is 4.19. The zero-order valence-electron chi connectivity index (χ0n) is 25.4. The molecular formula is C31H61NO8. The SMILES string of the molecule is CCCCCCCCCCCCCCCCC(O)CN(CCOC1O[C@H](CO)[C@@H](O)[C@H](O)[C@H]1O)C(=O)CCCC. The molecule has 0 aliphatic carbocycles. The molecule has 0 radical (unpaired) electrons. The van der Waals surface area contributed by atoms with Crippen LogP contribution in [0.5, 0.6) is 0 Å². The van der Waals surface area contributed by atoms with Gasteiger partial charge < -0.3 is 39.9 Å². The smallest absolute Gasteiger partial charge is 0.222 e. The molecule has 40 heavy (non-hydrogen) atoms. The minimum Gasteiger partial charge on any atom is -0.394 e. The minimum absolute atomic E-state index is 0.0200. The Labute approximate surface area is 243 Å². The molecule has 1 aliphatic rings. The molecule has 1 fully saturated rings. The van der Waals surface area contributed by atoms with Crippen LogP contribution in [0.15, 0.2) is 0 Å². The van der Waals surface area contributed by atoms with Crippen molar-refractivity contribution in [2.24, 2.45) is 0 Å². The van der Waals surface area contributed by atoms with E-state index in [2.05, 4.69) is 6.92 Å². The summed E-state index contributed by atoms with van der Waals surface area (Å²) in [4.78, 5) is 14.3. The number of hydrogen-bond donors (Lipinski definition) is 5. The topological polar surface area (TPSA) is 140 Å². The molecule has 1 amide bonds. The van der Waals surface area contributed by atoms with Crippen molar-refractivity contribution in [2.75, 3.05) is 26.3 Å². The molecule has 0 aromatic rings. The average molecular weight is 576 g/mol. The Morgan fingerprint density at radius 1 is 0.775 bits per heavy atom. The van der Waals surface area contributed by atoms with Crippen LogP contribution < -0.4 is 0 Å². The monoisotopic (exact) mass is 575 g/mol. The highest BCUT2D eigenvalue weighted by atomic mass is 16.7. The maximum absolute atomic E-state index is 12.8. The van der Waals surface area contributed by atoms with E-state index in [1.807, 2.05) is 6.92 Å². The minimum atomic E-state index is -1.51. The third-order valence-corrected chi connectivity index (χ3v) is 7.91. The number of ether oxygens (including phenoxy) is 2. The van der Waals surface area contributed by atoms with Gasteiger partial charge in [-0.25, -0.2) is 0 Å². The van der Waals surface area contributed by atoms with Crippen LogP contribution in [0.1, 0.15) is 129 Å². The molecule has 5 N–H and O–H groups in total. The molecule has 0 bridgehead atoms. The molecule has 0 saturated carbocycles. The number of carbonyl (C=O) groups is 1. The molecule has 1 rings (SSSR count). The van der Waals surface area contributed by atoms with Crippen LogP contribution in [-0.4, -0.2) is 99.5 Å². The van der Waals surface area contributed by atoms with Crippen molar-refractivity contribution in [3.8, 4) is 0 Å². The number of unbranched alkanes of at least 4 members (excludes halogenated alkanes) is 14. The van der Waals surface area contributed by atoms with Gasteiger partial charge in [0.05, 0.1) is 19.3 Å². The quantitative estimate of drug-likeness (QED) is 0.103. The fourth-order valence-corrected chi connectivity index (χ4v) is 5.21. The summed E-state index contributed by atoms with van der Waals surface area (Å²) in [5, 5.41) is 50.0. The van der Waals surface area contributed by atoms with Gasteiger partial charge in [0.15, 0.2) is 6.29 Å². The van der Waals surface area contributed by atoms with Crippen LogP contribution in [0.3, 0.4) is 0 Å². The number of aliphatic hydroxyl groups is 5. The van der Waals surface area contributed by atoms with E-state index in [-0.39, 0.29) is 25.6 Å². The molecule has 9 nitrogen and oxygen atoms in total. The summed E-state index contributed by atoms with van der Waals surface area (Å²) in [5.41, 5.74) is 0. The number of carbonyl (C=O) groups excluding carboxylic acids is 1. The van der Waals surface area contributed by atoms with E-state index in [9.17, 15) is 30.3 Å². The van der Waals surface area contributed by atoms with E-state index in [4.69, 9.17) is 9.47 Å². The summed E-state index contributed by atoms with van der Waals surface area (Å²) >= 11 is 0. The van der Waals surface area contributed by atoms with E-state index in [1.165, 1.54) is 77.0 Å². The average Bonchev–Trinajstić information content (AvgIpc) is 2.95. The summed E-state index contributed by atoms with van der Waals surface area (Å²) in [6.07, 6.45) is 13.3. The third kappa shape index (κ3) is 16.0. The standard InChI is InChI=1S/C31H61NO8/c1-3-5-7-8-9-10-11-12-13-14-15-16-17-18-19-25(34)23-32(27(35)20-6-4-2)21-22-39-31-30(38)29(37)28(36)26(24-33)40-31/h25-26,28-31,33-34,36-38H,3-24H2,1-2H3/t25?,26-,28-,29+,30-,31?/m1/s1. The first-order valence-corrected chi connectivity index (χ1v) is 16.2. The predicted octanol–water partition coefficient (Wildman–Crippen LogP) is 4.05. The second-order valence-electron chi connectivity index (χ2n) is 11.6. The number of rotatable bonds is 25. The zero-order valence-corrected chi connectivity index (χ0v) is 25.4. The van der Waals surface area contributed by atoms with Crippen LogP contribution in [0.25, 0.3) is 0 Å². The Balaban J connectivity index is 2.26. The Hall–Kier alpha value is -0.810. The van der Waals surface area contributed by atoms with E-state index in [0.717, 1.165) is 25.7 Å². The predicted molar refractivity (Wildman–Crippen MR) is 157 cm³/mol. The molecule has 6 atom stereocenters. The van der Waals surface area contributed by atoms with Gasteiger partial charge in [-0.1, -0.05) is 110 Å². The molecule has 1 heterocycles. The molecule has 2 unspecified atom stereocenters. The van der Waals surface area contributed by atoms with Crippen LogP contribution in [-0.2, 0) is 14.3 Å². The molecular weight excluding hydrogens is 514 g/mol. The van der Waals surface area contributed by atoms with Gasteiger partial charge in [0.1, 0.15) is 24.4 Å². The first kappa shape index (κ1) is 37.2. The Kier molecular flexibility index (Phi) is 22.1. The number of amides is 1. The second-order valence-corrected chi connectivity index (χ2v) is 11.6. The molecule has 0 aromatic carbocycles. The van der Waals surface area contributed by atoms with Gasteiger partial charge in [0.25, 0.3) is 0 Å². The fourth-order valence-electron chi connectivity index (χ4n) is 5.21. The van der Waals surface area contributed by atoms with Crippen molar-refractivity contribution < 1.29 is 39.8 Å². The van der Waals surface area contributed by atoms with Crippen LogP contribution in [0.2, 0.25) is 0 Å². The van der Waals surface area contributed by atoms with Crippen molar-refractivity contribution >= 4 is 5.91 Å². The van der Waals surface area contributed by atoms with Crippen molar-refractivity contribution in [2.45, 2.75) is 166 Å². The lowest BCUT2D eigenvalue weighted by molar-refractivity contribution is -0.301. The lowest BCUT2D eigenvalue weighted by Crippen LogP contribution is -2.59. The van der Waals surface area contributed by atoms with Gasteiger partial charge in [0, 0.05) is 19.5 Å². The maximum atomic E-state index is 12.8. The molecule has 238 valence electrons.